The maximum Gasteiger partial charge on any atom is 0.0946 e. The summed E-state index contributed by atoms with van der Waals surface area (Å²) in [5.74, 6) is 0. The minimum atomic E-state index is 0.00945. The smallest absolute Gasteiger partial charge is 0.0946 e. The van der Waals surface area contributed by atoms with E-state index in [1.165, 1.54) is 11.1 Å². The van der Waals surface area contributed by atoms with Crippen molar-refractivity contribution in [2.45, 2.75) is 19.4 Å². The molecule has 0 radical (unpaired) electrons. The molecule has 16 heavy (non-hydrogen) atoms. The van der Waals surface area contributed by atoms with Gasteiger partial charge in [-0.1, -0.05) is 29.8 Å². The van der Waals surface area contributed by atoms with Crippen molar-refractivity contribution in [1.29, 1.82) is 0 Å². The Hall–Kier alpha value is -1.61. The maximum absolute atomic E-state index is 6.15. The van der Waals surface area contributed by atoms with Crippen LogP contribution in [0.3, 0.4) is 0 Å². The molecule has 1 heterocycles. The summed E-state index contributed by atoms with van der Waals surface area (Å²) in [6.45, 7) is 2.09. The van der Waals surface area contributed by atoms with E-state index in [1.807, 2.05) is 17.8 Å². The van der Waals surface area contributed by atoms with Crippen LogP contribution in [0.4, 0.5) is 0 Å². The molecule has 1 aromatic heterocycles. The van der Waals surface area contributed by atoms with Gasteiger partial charge in [-0.05, 0) is 18.9 Å². The summed E-state index contributed by atoms with van der Waals surface area (Å²) < 4.78 is 1.97. The molecule has 0 aliphatic carbocycles. The summed E-state index contributed by atoms with van der Waals surface area (Å²) >= 11 is 0. The van der Waals surface area contributed by atoms with Gasteiger partial charge in [-0.3, -0.25) is 0 Å². The molecule has 0 saturated carbocycles. The quantitative estimate of drug-likeness (QED) is 0.850. The molecule has 2 rings (SSSR count). The highest BCUT2D eigenvalue weighted by molar-refractivity contribution is 5.23. The van der Waals surface area contributed by atoms with Crippen LogP contribution in [0, 0.1) is 6.92 Å². The number of aryl methyl sites for hydroxylation is 2. The van der Waals surface area contributed by atoms with Crippen molar-refractivity contribution in [2.24, 2.45) is 12.8 Å². The third kappa shape index (κ3) is 2.31. The van der Waals surface area contributed by atoms with Gasteiger partial charge in [-0.25, -0.2) is 4.98 Å². The minimum Gasteiger partial charge on any atom is -0.336 e. The number of hydrogen-bond acceptors (Lipinski definition) is 2. The second-order valence-electron chi connectivity index (χ2n) is 4.23. The first-order valence-corrected chi connectivity index (χ1v) is 5.44. The number of aromatic nitrogens is 2. The van der Waals surface area contributed by atoms with E-state index in [0.717, 1.165) is 12.1 Å². The fourth-order valence-corrected chi connectivity index (χ4v) is 1.81. The van der Waals surface area contributed by atoms with Gasteiger partial charge < -0.3 is 10.3 Å². The van der Waals surface area contributed by atoms with Gasteiger partial charge in [-0.2, -0.15) is 0 Å². The van der Waals surface area contributed by atoms with Gasteiger partial charge in [-0.15, -0.1) is 0 Å². The Morgan fingerprint density at radius 2 is 2.00 bits per heavy atom. The minimum absolute atomic E-state index is 0.00945. The highest BCUT2D eigenvalue weighted by atomic mass is 15.0. The summed E-state index contributed by atoms with van der Waals surface area (Å²) in [7, 11) is 1.97. The van der Waals surface area contributed by atoms with Crippen LogP contribution in [0.15, 0.2) is 36.8 Å². The Bertz CT molecular complexity index is 456. The lowest BCUT2D eigenvalue weighted by Crippen LogP contribution is -2.16. The number of hydrogen-bond donors (Lipinski definition) is 1. The SMILES string of the molecule is Cc1ccc(CC(N)c2cncn2C)cc1. The van der Waals surface area contributed by atoms with Crippen molar-refractivity contribution < 1.29 is 0 Å². The molecule has 0 spiro atoms. The highest BCUT2D eigenvalue weighted by Gasteiger charge is 2.10. The molecule has 0 amide bonds. The predicted octanol–water partition coefficient (Wildman–Crippen LogP) is 1.97. The lowest BCUT2D eigenvalue weighted by atomic mass is 10.0. The van der Waals surface area contributed by atoms with Crippen LogP contribution in [0.2, 0.25) is 0 Å². The molecular weight excluding hydrogens is 198 g/mol. The van der Waals surface area contributed by atoms with Gasteiger partial charge in [0.1, 0.15) is 0 Å². The van der Waals surface area contributed by atoms with Crippen LogP contribution < -0.4 is 5.73 Å². The van der Waals surface area contributed by atoms with Crippen LogP contribution in [0.1, 0.15) is 22.9 Å². The second kappa shape index (κ2) is 4.49. The average Bonchev–Trinajstić information content (AvgIpc) is 2.68. The van der Waals surface area contributed by atoms with Gasteiger partial charge in [0.25, 0.3) is 0 Å². The third-order valence-corrected chi connectivity index (χ3v) is 2.81. The number of benzene rings is 1. The maximum atomic E-state index is 6.15. The fourth-order valence-electron chi connectivity index (χ4n) is 1.81. The van der Waals surface area contributed by atoms with Crippen molar-refractivity contribution in [3.05, 3.63) is 53.6 Å². The summed E-state index contributed by atoms with van der Waals surface area (Å²) in [5.41, 5.74) is 9.76. The van der Waals surface area contributed by atoms with E-state index in [1.54, 1.807) is 6.33 Å². The van der Waals surface area contributed by atoms with Crippen LogP contribution in [0.5, 0.6) is 0 Å². The summed E-state index contributed by atoms with van der Waals surface area (Å²) in [6.07, 6.45) is 4.46. The highest BCUT2D eigenvalue weighted by Crippen LogP contribution is 2.15. The molecule has 0 aliphatic heterocycles. The van der Waals surface area contributed by atoms with Crippen LogP contribution in [-0.4, -0.2) is 9.55 Å². The van der Waals surface area contributed by atoms with E-state index in [4.69, 9.17) is 5.73 Å². The lowest BCUT2D eigenvalue weighted by molar-refractivity contribution is 0.656. The van der Waals surface area contributed by atoms with E-state index < -0.39 is 0 Å². The summed E-state index contributed by atoms with van der Waals surface area (Å²) in [5, 5.41) is 0. The van der Waals surface area contributed by atoms with Crippen LogP contribution in [-0.2, 0) is 13.5 Å². The lowest BCUT2D eigenvalue weighted by Gasteiger charge is -2.12. The first kappa shape index (κ1) is 10.9. The van der Waals surface area contributed by atoms with Gasteiger partial charge >= 0.3 is 0 Å². The Morgan fingerprint density at radius 3 is 2.56 bits per heavy atom. The Kier molecular flexibility index (Phi) is 3.06. The van der Waals surface area contributed by atoms with E-state index in [2.05, 4.69) is 36.2 Å². The third-order valence-electron chi connectivity index (χ3n) is 2.81. The standard InChI is InChI=1S/C13H17N3/c1-10-3-5-11(6-4-10)7-12(14)13-8-15-9-16(13)2/h3-6,8-9,12H,7,14H2,1-2H3. The zero-order valence-corrected chi connectivity index (χ0v) is 9.72. The largest absolute Gasteiger partial charge is 0.336 e. The Balaban J connectivity index is 2.10. The summed E-state index contributed by atoms with van der Waals surface area (Å²) in [4.78, 5) is 4.08. The molecule has 0 fully saturated rings. The molecule has 0 saturated heterocycles. The molecular formula is C13H17N3. The number of nitrogens with two attached hydrogens (primary N) is 1. The van der Waals surface area contributed by atoms with Crippen molar-refractivity contribution in [1.82, 2.24) is 9.55 Å². The van der Waals surface area contributed by atoms with Crippen LogP contribution in [0.25, 0.3) is 0 Å². The van der Waals surface area contributed by atoms with Gasteiger partial charge in [0.15, 0.2) is 0 Å². The zero-order valence-electron chi connectivity index (χ0n) is 9.72. The molecule has 3 nitrogen and oxygen atoms in total. The Morgan fingerprint density at radius 1 is 1.31 bits per heavy atom. The van der Waals surface area contributed by atoms with E-state index in [9.17, 15) is 0 Å². The van der Waals surface area contributed by atoms with Crippen molar-refractivity contribution in [3.8, 4) is 0 Å². The predicted molar refractivity (Wildman–Crippen MR) is 65.0 cm³/mol. The number of imidazole rings is 1. The number of rotatable bonds is 3. The fraction of sp³-hybridized carbons (Fsp3) is 0.308. The van der Waals surface area contributed by atoms with E-state index >= 15 is 0 Å². The van der Waals surface area contributed by atoms with E-state index in [-0.39, 0.29) is 6.04 Å². The normalized spacial score (nSPS) is 12.7. The molecule has 1 unspecified atom stereocenters. The molecule has 2 N–H and O–H groups in total. The average molecular weight is 215 g/mol. The van der Waals surface area contributed by atoms with Crippen molar-refractivity contribution in [2.75, 3.05) is 0 Å². The second-order valence-corrected chi connectivity index (χ2v) is 4.23. The first-order chi connectivity index (χ1) is 7.66. The molecule has 2 aromatic rings. The topological polar surface area (TPSA) is 43.8 Å². The molecule has 1 atom stereocenters. The number of nitrogens with zero attached hydrogens (tertiary/aromatic N) is 2. The van der Waals surface area contributed by atoms with Crippen LogP contribution >= 0.6 is 0 Å². The van der Waals surface area contributed by atoms with Crippen molar-refractivity contribution >= 4 is 0 Å². The van der Waals surface area contributed by atoms with Crippen molar-refractivity contribution in [3.63, 3.8) is 0 Å². The van der Waals surface area contributed by atoms with Gasteiger partial charge in [0.05, 0.1) is 18.1 Å². The monoisotopic (exact) mass is 215 g/mol. The van der Waals surface area contributed by atoms with E-state index in [0.29, 0.717) is 0 Å². The molecule has 3 heteroatoms. The molecule has 1 aromatic carbocycles. The van der Waals surface area contributed by atoms with Gasteiger partial charge in [0.2, 0.25) is 0 Å². The molecule has 84 valence electrons. The molecule has 0 aliphatic rings. The first-order valence-electron chi connectivity index (χ1n) is 5.44. The molecule has 0 bridgehead atoms. The van der Waals surface area contributed by atoms with Gasteiger partial charge in [0, 0.05) is 13.2 Å². The summed E-state index contributed by atoms with van der Waals surface area (Å²) in [6, 6.07) is 8.50. The zero-order chi connectivity index (χ0) is 11.5. The Labute approximate surface area is 95.9 Å².